The first-order valence-electron chi connectivity index (χ1n) is 8.92. The van der Waals surface area contributed by atoms with Gasteiger partial charge in [0.05, 0.1) is 6.54 Å². The number of carboxylic acid groups (broad SMARTS) is 1. The molecule has 1 N–H and O–H groups in total. The van der Waals surface area contributed by atoms with Gasteiger partial charge in [-0.2, -0.15) is 0 Å². The van der Waals surface area contributed by atoms with E-state index >= 15 is 0 Å². The van der Waals surface area contributed by atoms with Gasteiger partial charge in [0.15, 0.2) is 0 Å². The van der Waals surface area contributed by atoms with Crippen LogP contribution in [0.1, 0.15) is 49.7 Å². The fourth-order valence-electron chi connectivity index (χ4n) is 3.69. The summed E-state index contributed by atoms with van der Waals surface area (Å²) >= 11 is 0. The van der Waals surface area contributed by atoms with E-state index in [0.29, 0.717) is 6.04 Å². The van der Waals surface area contributed by atoms with E-state index in [1.807, 2.05) is 0 Å². The molecule has 0 spiro atoms. The monoisotopic (exact) mass is 316 g/mol. The minimum atomic E-state index is -0.718. The number of benzene rings is 1. The van der Waals surface area contributed by atoms with E-state index in [2.05, 4.69) is 41.0 Å². The first-order chi connectivity index (χ1) is 11.2. The highest BCUT2D eigenvalue weighted by molar-refractivity contribution is 5.69. The maximum Gasteiger partial charge on any atom is 0.317 e. The highest BCUT2D eigenvalue weighted by Gasteiger charge is 2.25. The normalized spacial score (nSPS) is 20.1. The Balaban J connectivity index is 1.47. The molecule has 4 heteroatoms. The van der Waals surface area contributed by atoms with Gasteiger partial charge in [0.1, 0.15) is 0 Å². The SMILES string of the molecule is CCN(CC(=O)O)C1CCN(Cc2ccc(C3CC3)cc2)CC1. The van der Waals surface area contributed by atoms with Crippen LogP contribution in [0.25, 0.3) is 0 Å². The zero-order valence-corrected chi connectivity index (χ0v) is 14.1. The molecule has 126 valence electrons. The van der Waals surface area contributed by atoms with Crippen LogP contribution in [0.5, 0.6) is 0 Å². The second-order valence-electron chi connectivity index (χ2n) is 6.98. The van der Waals surface area contributed by atoms with Gasteiger partial charge in [-0.1, -0.05) is 31.2 Å². The fourth-order valence-corrected chi connectivity index (χ4v) is 3.69. The summed E-state index contributed by atoms with van der Waals surface area (Å²) < 4.78 is 0. The second kappa shape index (κ2) is 7.45. The minimum Gasteiger partial charge on any atom is -0.480 e. The number of rotatable bonds is 7. The summed E-state index contributed by atoms with van der Waals surface area (Å²) in [4.78, 5) is 15.5. The lowest BCUT2D eigenvalue weighted by Crippen LogP contribution is -2.46. The van der Waals surface area contributed by atoms with Crippen molar-refractivity contribution in [3.63, 3.8) is 0 Å². The van der Waals surface area contributed by atoms with Crippen molar-refractivity contribution in [2.75, 3.05) is 26.2 Å². The second-order valence-corrected chi connectivity index (χ2v) is 6.98. The van der Waals surface area contributed by atoms with Crippen molar-refractivity contribution in [2.45, 2.75) is 51.1 Å². The maximum absolute atomic E-state index is 10.9. The van der Waals surface area contributed by atoms with Crippen LogP contribution in [-0.2, 0) is 11.3 Å². The molecule has 1 aromatic carbocycles. The molecule has 0 atom stereocenters. The summed E-state index contributed by atoms with van der Waals surface area (Å²) in [7, 11) is 0. The van der Waals surface area contributed by atoms with E-state index in [1.165, 1.54) is 24.0 Å². The first kappa shape index (κ1) is 16.5. The topological polar surface area (TPSA) is 43.8 Å². The van der Waals surface area contributed by atoms with E-state index < -0.39 is 5.97 Å². The third-order valence-corrected chi connectivity index (χ3v) is 5.25. The number of nitrogens with zero attached hydrogens (tertiary/aromatic N) is 2. The number of piperidine rings is 1. The molecule has 2 fully saturated rings. The molecule has 1 saturated heterocycles. The van der Waals surface area contributed by atoms with Crippen molar-refractivity contribution in [3.8, 4) is 0 Å². The van der Waals surface area contributed by atoms with Crippen LogP contribution in [0, 0.1) is 0 Å². The summed E-state index contributed by atoms with van der Waals surface area (Å²) in [6.07, 6.45) is 4.86. The Morgan fingerprint density at radius 3 is 2.35 bits per heavy atom. The van der Waals surface area contributed by atoms with Crippen molar-refractivity contribution >= 4 is 5.97 Å². The molecule has 1 saturated carbocycles. The van der Waals surface area contributed by atoms with E-state index in [1.54, 1.807) is 0 Å². The van der Waals surface area contributed by atoms with Crippen LogP contribution in [-0.4, -0.2) is 53.1 Å². The van der Waals surface area contributed by atoms with Gasteiger partial charge in [-0.15, -0.1) is 0 Å². The van der Waals surface area contributed by atoms with Gasteiger partial charge in [-0.3, -0.25) is 14.6 Å². The standard InChI is InChI=1S/C19H28N2O2/c1-2-21(14-19(22)23)18-9-11-20(12-10-18)13-15-3-5-16(6-4-15)17-7-8-17/h3-6,17-18H,2,7-14H2,1H3,(H,22,23). The molecule has 0 unspecified atom stereocenters. The number of likely N-dealkylation sites (N-methyl/N-ethyl adjacent to an activating group) is 1. The highest BCUT2D eigenvalue weighted by atomic mass is 16.4. The lowest BCUT2D eigenvalue weighted by Gasteiger charge is -2.37. The summed E-state index contributed by atoms with van der Waals surface area (Å²) in [5, 5.41) is 9.01. The van der Waals surface area contributed by atoms with Crippen molar-refractivity contribution < 1.29 is 9.90 Å². The van der Waals surface area contributed by atoms with Gasteiger partial charge in [0.25, 0.3) is 0 Å². The molecule has 2 aliphatic rings. The smallest absolute Gasteiger partial charge is 0.317 e. The van der Waals surface area contributed by atoms with Crippen molar-refractivity contribution in [1.82, 2.24) is 9.80 Å². The molecule has 3 rings (SSSR count). The quantitative estimate of drug-likeness (QED) is 0.840. The van der Waals surface area contributed by atoms with Crippen LogP contribution < -0.4 is 0 Å². The zero-order valence-electron chi connectivity index (χ0n) is 14.1. The summed E-state index contributed by atoms with van der Waals surface area (Å²) in [5.41, 5.74) is 2.89. The van der Waals surface area contributed by atoms with Crippen LogP contribution >= 0.6 is 0 Å². The van der Waals surface area contributed by atoms with Crippen LogP contribution in [0.15, 0.2) is 24.3 Å². The van der Waals surface area contributed by atoms with Gasteiger partial charge in [0.2, 0.25) is 0 Å². The Hall–Kier alpha value is -1.39. The number of hydrogen-bond acceptors (Lipinski definition) is 3. The maximum atomic E-state index is 10.9. The predicted octanol–water partition coefficient (Wildman–Crippen LogP) is 2.93. The van der Waals surface area contributed by atoms with Gasteiger partial charge in [-0.05, 0) is 62.4 Å². The van der Waals surface area contributed by atoms with Gasteiger partial charge in [0, 0.05) is 12.6 Å². The Bertz CT molecular complexity index is 517. The number of carboxylic acids is 1. The van der Waals surface area contributed by atoms with Gasteiger partial charge >= 0.3 is 5.97 Å². The number of hydrogen-bond donors (Lipinski definition) is 1. The number of likely N-dealkylation sites (tertiary alicyclic amines) is 1. The van der Waals surface area contributed by atoms with Gasteiger partial charge < -0.3 is 5.11 Å². The largest absolute Gasteiger partial charge is 0.480 e. The van der Waals surface area contributed by atoms with E-state index in [0.717, 1.165) is 44.9 Å². The van der Waals surface area contributed by atoms with E-state index in [4.69, 9.17) is 5.11 Å². The third-order valence-electron chi connectivity index (χ3n) is 5.25. The summed E-state index contributed by atoms with van der Waals surface area (Å²) in [6.45, 7) is 6.18. The molecule has 0 aromatic heterocycles. The molecule has 0 bridgehead atoms. The highest BCUT2D eigenvalue weighted by Crippen LogP contribution is 2.39. The molecular weight excluding hydrogens is 288 g/mol. The summed E-state index contributed by atoms with van der Waals surface area (Å²) in [6, 6.07) is 9.58. The average molecular weight is 316 g/mol. The van der Waals surface area contributed by atoms with Crippen LogP contribution in [0.2, 0.25) is 0 Å². The predicted molar refractivity (Wildman–Crippen MR) is 91.6 cm³/mol. The molecule has 4 nitrogen and oxygen atoms in total. The average Bonchev–Trinajstić information content (AvgIpc) is 3.39. The fraction of sp³-hybridized carbons (Fsp3) is 0.632. The molecule has 0 radical (unpaired) electrons. The van der Waals surface area contributed by atoms with Crippen LogP contribution in [0.4, 0.5) is 0 Å². The molecule has 1 heterocycles. The molecule has 1 aromatic rings. The Morgan fingerprint density at radius 1 is 1.17 bits per heavy atom. The Labute approximate surface area is 139 Å². The molecular formula is C19H28N2O2. The zero-order chi connectivity index (χ0) is 16.2. The molecule has 1 aliphatic carbocycles. The lowest BCUT2D eigenvalue weighted by molar-refractivity contribution is -0.139. The molecule has 1 aliphatic heterocycles. The van der Waals surface area contributed by atoms with E-state index in [9.17, 15) is 4.79 Å². The van der Waals surface area contributed by atoms with Crippen molar-refractivity contribution in [1.29, 1.82) is 0 Å². The Kier molecular flexibility index (Phi) is 5.34. The number of carbonyl (C=O) groups is 1. The van der Waals surface area contributed by atoms with Crippen molar-refractivity contribution in [2.24, 2.45) is 0 Å². The minimum absolute atomic E-state index is 0.170. The molecule has 23 heavy (non-hydrogen) atoms. The molecule has 0 amide bonds. The Morgan fingerprint density at radius 2 is 1.83 bits per heavy atom. The number of aliphatic carboxylic acids is 1. The first-order valence-corrected chi connectivity index (χ1v) is 8.92. The summed E-state index contributed by atoms with van der Waals surface area (Å²) in [5.74, 6) is 0.110. The van der Waals surface area contributed by atoms with E-state index in [-0.39, 0.29) is 6.54 Å². The van der Waals surface area contributed by atoms with Crippen molar-refractivity contribution in [3.05, 3.63) is 35.4 Å². The lowest BCUT2D eigenvalue weighted by atomic mass is 10.0. The van der Waals surface area contributed by atoms with Crippen LogP contribution in [0.3, 0.4) is 0 Å². The van der Waals surface area contributed by atoms with Gasteiger partial charge in [-0.25, -0.2) is 0 Å². The third kappa shape index (κ3) is 4.55.